The fraction of sp³-hybridized carbons (Fsp3) is 0.529. The molecular formula is C17H24N4O4S. The van der Waals surface area contributed by atoms with Crippen molar-refractivity contribution in [3.05, 3.63) is 34.7 Å². The summed E-state index contributed by atoms with van der Waals surface area (Å²) in [5, 5.41) is 0. The van der Waals surface area contributed by atoms with E-state index in [4.69, 9.17) is 0 Å². The van der Waals surface area contributed by atoms with Crippen LogP contribution < -0.4 is 10.4 Å². The molecule has 1 aliphatic rings. The molecule has 1 saturated heterocycles. The molecule has 2 heterocycles. The molecule has 1 atom stereocenters. The Balaban J connectivity index is 1.82. The molecule has 0 radical (unpaired) electrons. The molecule has 0 saturated carbocycles. The molecule has 1 aromatic heterocycles. The van der Waals surface area contributed by atoms with Gasteiger partial charge in [-0.2, -0.15) is 0 Å². The number of aromatic nitrogens is 2. The van der Waals surface area contributed by atoms with Crippen LogP contribution in [0.15, 0.2) is 29.1 Å². The van der Waals surface area contributed by atoms with Crippen LogP contribution >= 0.6 is 0 Å². The summed E-state index contributed by atoms with van der Waals surface area (Å²) in [6, 6.07) is 7.17. The maximum atomic E-state index is 12.9. The van der Waals surface area contributed by atoms with Crippen molar-refractivity contribution in [2.75, 3.05) is 19.3 Å². The van der Waals surface area contributed by atoms with Crippen LogP contribution in [0, 0.1) is 0 Å². The van der Waals surface area contributed by atoms with Crippen LogP contribution in [0.4, 0.5) is 0 Å². The number of amides is 1. The van der Waals surface area contributed by atoms with E-state index in [1.807, 2.05) is 24.3 Å². The highest BCUT2D eigenvalue weighted by molar-refractivity contribution is 7.88. The van der Waals surface area contributed by atoms with Crippen molar-refractivity contribution in [2.24, 2.45) is 7.05 Å². The van der Waals surface area contributed by atoms with Crippen molar-refractivity contribution in [1.29, 1.82) is 0 Å². The number of likely N-dealkylation sites (tertiary alicyclic amines) is 1. The van der Waals surface area contributed by atoms with Gasteiger partial charge in [0.2, 0.25) is 15.9 Å². The smallest absolute Gasteiger partial charge is 0.329 e. The number of hydrogen-bond acceptors (Lipinski definition) is 4. The monoisotopic (exact) mass is 380 g/mol. The summed E-state index contributed by atoms with van der Waals surface area (Å²) < 4.78 is 28.2. The third-order valence-corrected chi connectivity index (χ3v) is 5.56. The van der Waals surface area contributed by atoms with Gasteiger partial charge in [-0.3, -0.25) is 13.9 Å². The van der Waals surface area contributed by atoms with Gasteiger partial charge in [-0.25, -0.2) is 17.9 Å². The minimum Gasteiger partial charge on any atom is -0.337 e. The molecule has 2 aromatic rings. The van der Waals surface area contributed by atoms with Gasteiger partial charge in [0, 0.05) is 26.2 Å². The number of carbonyl (C=O) groups is 1. The van der Waals surface area contributed by atoms with E-state index < -0.39 is 10.0 Å². The fourth-order valence-corrected chi connectivity index (χ4v) is 4.03. The van der Waals surface area contributed by atoms with Gasteiger partial charge in [0.05, 0.1) is 17.3 Å². The normalized spacial score (nSPS) is 18.4. The summed E-state index contributed by atoms with van der Waals surface area (Å²) in [5.74, 6) is -0.163. The molecule has 1 aromatic carbocycles. The number of hydrogen-bond donors (Lipinski definition) is 1. The fourth-order valence-electron chi connectivity index (χ4n) is 3.53. The predicted molar refractivity (Wildman–Crippen MR) is 99.4 cm³/mol. The van der Waals surface area contributed by atoms with Crippen LogP contribution in [0.2, 0.25) is 0 Å². The maximum Gasteiger partial charge on any atom is 0.329 e. The number of nitrogens with one attached hydrogen (secondary N) is 1. The number of nitrogens with zero attached hydrogens (tertiary/aromatic N) is 3. The molecule has 0 spiro atoms. The standard InChI is InChI=1S/C17H24N4O4S/c1-19-14-8-3-4-9-15(14)21(17(19)23)12-16(22)20-10-6-5-7-13(20)11-18-26(2,24)25/h3-4,8-9,13,18H,5-7,10-12H2,1-2H3. The van der Waals surface area contributed by atoms with Gasteiger partial charge >= 0.3 is 5.69 Å². The second kappa shape index (κ2) is 7.24. The predicted octanol–water partition coefficient (Wildman–Crippen LogP) is 0.270. The van der Waals surface area contributed by atoms with E-state index in [0.717, 1.165) is 36.6 Å². The summed E-state index contributed by atoms with van der Waals surface area (Å²) in [7, 11) is -1.62. The SMILES string of the molecule is Cn1c(=O)n(CC(=O)N2CCCCC2CNS(C)(=O)=O)c2ccccc21. The lowest BCUT2D eigenvalue weighted by Gasteiger charge is -2.35. The Kier molecular flexibility index (Phi) is 5.19. The first kappa shape index (κ1) is 18.7. The second-order valence-electron chi connectivity index (χ2n) is 6.77. The molecule has 0 bridgehead atoms. The van der Waals surface area contributed by atoms with Crippen molar-refractivity contribution >= 4 is 27.0 Å². The minimum absolute atomic E-state index is 0.0461. The van der Waals surface area contributed by atoms with E-state index in [-0.39, 0.29) is 30.7 Å². The van der Waals surface area contributed by atoms with E-state index in [2.05, 4.69) is 4.72 Å². The van der Waals surface area contributed by atoms with Crippen LogP contribution in [0.5, 0.6) is 0 Å². The van der Waals surface area contributed by atoms with Crippen molar-refractivity contribution < 1.29 is 13.2 Å². The van der Waals surface area contributed by atoms with Crippen LogP contribution in [0.3, 0.4) is 0 Å². The molecule has 1 N–H and O–H groups in total. The number of piperidine rings is 1. The highest BCUT2D eigenvalue weighted by atomic mass is 32.2. The minimum atomic E-state index is -3.31. The number of carbonyl (C=O) groups excluding carboxylic acids is 1. The Morgan fingerprint density at radius 1 is 1.23 bits per heavy atom. The lowest BCUT2D eigenvalue weighted by Crippen LogP contribution is -2.50. The van der Waals surface area contributed by atoms with E-state index in [1.165, 1.54) is 9.13 Å². The molecule has 1 unspecified atom stereocenters. The third kappa shape index (κ3) is 3.83. The molecule has 8 nitrogen and oxygen atoms in total. The Bertz CT molecular complexity index is 976. The van der Waals surface area contributed by atoms with E-state index in [0.29, 0.717) is 6.54 Å². The topological polar surface area (TPSA) is 93.4 Å². The molecule has 1 fully saturated rings. The van der Waals surface area contributed by atoms with Gasteiger partial charge < -0.3 is 4.90 Å². The molecule has 1 aliphatic heterocycles. The quantitative estimate of drug-likeness (QED) is 0.806. The largest absolute Gasteiger partial charge is 0.337 e. The molecule has 9 heteroatoms. The van der Waals surface area contributed by atoms with E-state index in [9.17, 15) is 18.0 Å². The zero-order valence-corrected chi connectivity index (χ0v) is 15.8. The molecule has 3 rings (SSSR count). The first-order valence-electron chi connectivity index (χ1n) is 8.66. The van der Waals surface area contributed by atoms with Crippen LogP contribution in [0.25, 0.3) is 11.0 Å². The number of para-hydroxylation sites is 2. The Morgan fingerprint density at radius 3 is 2.62 bits per heavy atom. The summed E-state index contributed by atoms with van der Waals surface area (Å²) in [5.41, 5.74) is 1.26. The number of benzene rings is 1. The third-order valence-electron chi connectivity index (χ3n) is 4.87. The lowest BCUT2D eigenvalue weighted by molar-refractivity contribution is -0.135. The average molecular weight is 380 g/mol. The summed E-state index contributed by atoms with van der Waals surface area (Å²) in [6.45, 7) is 0.735. The number of fused-ring (bicyclic) bond motifs is 1. The first-order valence-corrected chi connectivity index (χ1v) is 10.6. The number of rotatable bonds is 5. The molecule has 0 aliphatic carbocycles. The lowest BCUT2D eigenvalue weighted by atomic mass is 10.0. The number of sulfonamides is 1. The van der Waals surface area contributed by atoms with E-state index in [1.54, 1.807) is 11.9 Å². The van der Waals surface area contributed by atoms with Crippen molar-refractivity contribution in [3.63, 3.8) is 0 Å². The van der Waals surface area contributed by atoms with Gasteiger partial charge in [-0.05, 0) is 31.4 Å². The second-order valence-corrected chi connectivity index (χ2v) is 8.61. The Morgan fingerprint density at radius 2 is 1.92 bits per heavy atom. The van der Waals surface area contributed by atoms with Crippen molar-refractivity contribution in [2.45, 2.75) is 31.8 Å². The Hall–Kier alpha value is -2.13. The van der Waals surface area contributed by atoms with Crippen molar-refractivity contribution in [3.8, 4) is 0 Å². The van der Waals surface area contributed by atoms with Crippen LogP contribution in [-0.4, -0.2) is 53.7 Å². The highest BCUT2D eigenvalue weighted by Gasteiger charge is 2.28. The van der Waals surface area contributed by atoms with Gasteiger partial charge in [0.25, 0.3) is 0 Å². The van der Waals surface area contributed by atoms with E-state index >= 15 is 0 Å². The van der Waals surface area contributed by atoms with Gasteiger partial charge in [0.1, 0.15) is 6.54 Å². The zero-order chi connectivity index (χ0) is 18.9. The average Bonchev–Trinajstić information content (AvgIpc) is 2.85. The van der Waals surface area contributed by atoms with Gasteiger partial charge in [-0.1, -0.05) is 12.1 Å². The maximum absolute atomic E-state index is 12.9. The molecular weight excluding hydrogens is 356 g/mol. The molecule has 26 heavy (non-hydrogen) atoms. The summed E-state index contributed by atoms with van der Waals surface area (Å²) >= 11 is 0. The summed E-state index contributed by atoms with van der Waals surface area (Å²) in [4.78, 5) is 27.1. The van der Waals surface area contributed by atoms with Crippen LogP contribution in [0.1, 0.15) is 19.3 Å². The molecule has 1 amide bonds. The Labute approximate surface area is 152 Å². The van der Waals surface area contributed by atoms with Gasteiger partial charge in [0.15, 0.2) is 0 Å². The van der Waals surface area contributed by atoms with Crippen LogP contribution in [-0.2, 0) is 28.4 Å². The molecule has 142 valence electrons. The van der Waals surface area contributed by atoms with Crippen molar-refractivity contribution in [1.82, 2.24) is 18.8 Å². The summed E-state index contributed by atoms with van der Waals surface area (Å²) in [6.07, 6.45) is 3.69. The first-order chi connectivity index (χ1) is 12.3. The number of aryl methyl sites for hydroxylation is 1. The zero-order valence-electron chi connectivity index (χ0n) is 15.0. The number of imidazole rings is 1. The van der Waals surface area contributed by atoms with Gasteiger partial charge in [-0.15, -0.1) is 0 Å². The highest BCUT2D eigenvalue weighted by Crippen LogP contribution is 2.18.